The highest BCUT2D eigenvalue weighted by molar-refractivity contribution is 6.18. The van der Waals surface area contributed by atoms with Gasteiger partial charge in [0.1, 0.15) is 17.1 Å². The maximum atomic E-state index is 12.4. The fraction of sp³-hybridized carbons (Fsp3) is 0.500. The fourth-order valence-corrected chi connectivity index (χ4v) is 1.79. The number of carbonyl (C=O) groups excluding carboxylic acids is 1. The Hall–Kier alpha value is -1.86. The van der Waals surface area contributed by atoms with E-state index in [0.717, 1.165) is 11.1 Å². The third-order valence-electron chi connectivity index (χ3n) is 2.80. The van der Waals surface area contributed by atoms with Crippen molar-refractivity contribution in [3.05, 3.63) is 17.5 Å². The average molecular weight is 260 g/mol. The quantitative estimate of drug-likeness (QED) is 0.834. The number of halogens is 3. The molecule has 0 saturated carbocycles. The van der Waals surface area contributed by atoms with E-state index in [0.29, 0.717) is 0 Å². The van der Waals surface area contributed by atoms with Gasteiger partial charge < -0.3 is 0 Å². The van der Waals surface area contributed by atoms with Crippen LogP contribution in [0.4, 0.5) is 13.2 Å². The molecule has 1 amide bonds. The number of nitrogens with one attached hydrogen (secondary N) is 1. The van der Waals surface area contributed by atoms with Gasteiger partial charge in [-0.3, -0.25) is 9.89 Å². The molecule has 0 spiro atoms. The number of rotatable bonds is 1. The van der Waals surface area contributed by atoms with Gasteiger partial charge in [0, 0.05) is 7.05 Å². The molecule has 18 heavy (non-hydrogen) atoms. The average Bonchev–Trinajstić information content (AvgIpc) is 2.78. The molecule has 0 radical (unpaired) electrons. The molecule has 0 bridgehead atoms. The van der Waals surface area contributed by atoms with Gasteiger partial charge in [-0.2, -0.15) is 23.4 Å². The van der Waals surface area contributed by atoms with E-state index in [1.165, 1.54) is 7.05 Å². The highest BCUT2D eigenvalue weighted by atomic mass is 19.4. The number of aromatic amines is 1. The highest BCUT2D eigenvalue weighted by Gasteiger charge is 2.44. The first kappa shape index (κ1) is 12.6. The Kier molecular flexibility index (Phi) is 2.49. The zero-order valence-electron chi connectivity index (χ0n) is 9.96. The zero-order valence-corrected chi connectivity index (χ0v) is 9.96. The van der Waals surface area contributed by atoms with Gasteiger partial charge in [0.2, 0.25) is 0 Å². The van der Waals surface area contributed by atoms with Crippen LogP contribution in [0, 0.1) is 5.41 Å². The molecule has 2 rings (SSSR count). The molecule has 5 nitrogen and oxygen atoms in total. The van der Waals surface area contributed by atoms with E-state index in [9.17, 15) is 18.0 Å². The second kappa shape index (κ2) is 3.56. The number of hydrazone groups is 1. The molecule has 1 aromatic rings. The summed E-state index contributed by atoms with van der Waals surface area (Å²) in [5.74, 6) is -0.283. The Balaban J connectivity index is 2.42. The van der Waals surface area contributed by atoms with Crippen LogP contribution in [0.15, 0.2) is 11.2 Å². The number of hydrogen-bond acceptors (Lipinski definition) is 3. The first-order valence-electron chi connectivity index (χ1n) is 5.14. The molecule has 8 heteroatoms. The van der Waals surface area contributed by atoms with Gasteiger partial charge in [-0.25, -0.2) is 5.01 Å². The van der Waals surface area contributed by atoms with Crippen molar-refractivity contribution in [3.63, 3.8) is 0 Å². The third-order valence-corrected chi connectivity index (χ3v) is 2.80. The van der Waals surface area contributed by atoms with Crippen LogP contribution in [0.1, 0.15) is 25.2 Å². The summed E-state index contributed by atoms with van der Waals surface area (Å²) in [4.78, 5) is 11.8. The Labute approximate surface area is 101 Å². The zero-order chi connectivity index (χ0) is 13.7. The first-order valence-corrected chi connectivity index (χ1v) is 5.14. The number of amides is 1. The van der Waals surface area contributed by atoms with Crippen molar-refractivity contribution in [2.24, 2.45) is 10.5 Å². The number of nitrogens with zero attached hydrogens (tertiary/aromatic N) is 3. The Morgan fingerprint density at radius 1 is 1.39 bits per heavy atom. The van der Waals surface area contributed by atoms with Crippen molar-refractivity contribution in [1.82, 2.24) is 15.2 Å². The lowest BCUT2D eigenvalue weighted by molar-refractivity contribution is -0.141. The number of aromatic nitrogens is 2. The molecule has 0 unspecified atom stereocenters. The topological polar surface area (TPSA) is 61.4 Å². The smallest absolute Gasteiger partial charge is 0.273 e. The minimum Gasteiger partial charge on any atom is -0.273 e. The fourth-order valence-electron chi connectivity index (χ4n) is 1.79. The van der Waals surface area contributed by atoms with Crippen LogP contribution < -0.4 is 0 Å². The van der Waals surface area contributed by atoms with Crippen molar-refractivity contribution in [3.8, 4) is 0 Å². The Morgan fingerprint density at radius 2 is 2.00 bits per heavy atom. The summed E-state index contributed by atoms with van der Waals surface area (Å²) < 4.78 is 37.3. The summed E-state index contributed by atoms with van der Waals surface area (Å²) >= 11 is 0. The molecular formula is C10H11F3N4O. The molecule has 98 valence electrons. The summed E-state index contributed by atoms with van der Waals surface area (Å²) in [6.45, 7) is 3.19. The van der Waals surface area contributed by atoms with Gasteiger partial charge in [-0.1, -0.05) is 0 Å². The molecule has 2 heterocycles. The maximum Gasteiger partial charge on any atom is 0.432 e. The predicted octanol–water partition coefficient (Wildman–Crippen LogP) is 1.63. The van der Waals surface area contributed by atoms with E-state index in [4.69, 9.17) is 0 Å². The summed E-state index contributed by atoms with van der Waals surface area (Å²) in [6.07, 6.45) is -4.50. The van der Waals surface area contributed by atoms with E-state index in [1.54, 1.807) is 13.8 Å². The van der Waals surface area contributed by atoms with E-state index in [2.05, 4.69) is 10.2 Å². The van der Waals surface area contributed by atoms with Crippen LogP contribution in [0.2, 0.25) is 0 Å². The second-order valence-corrected chi connectivity index (χ2v) is 4.57. The van der Waals surface area contributed by atoms with Crippen LogP contribution in [-0.2, 0) is 11.0 Å². The molecule has 0 aromatic carbocycles. The second-order valence-electron chi connectivity index (χ2n) is 4.57. The van der Waals surface area contributed by atoms with Gasteiger partial charge >= 0.3 is 6.18 Å². The SMILES string of the molecule is CN1N=C(c2cc(C(F)(F)F)[nH]n2)C(C)(C)C1=O. The standard InChI is InChI=1S/C10H11F3N4O/c1-9(2)7(16-17(3)8(9)18)5-4-6(15-14-5)10(11,12)13/h4H,1-3H3,(H,14,15). The first-order chi connectivity index (χ1) is 8.14. The molecule has 0 atom stereocenters. The molecule has 0 saturated heterocycles. The van der Waals surface area contributed by atoms with Gasteiger partial charge in [0.15, 0.2) is 0 Å². The summed E-state index contributed by atoms with van der Waals surface area (Å²) in [5.41, 5.74) is -1.68. The van der Waals surface area contributed by atoms with Crippen molar-refractivity contribution in [1.29, 1.82) is 0 Å². The molecule has 1 aliphatic heterocycles. The van der Waals surface area contributed by atoms with Crippen LogP contribution in [0.3, 0.4) is 0 Å². The number of H-pyrrole nitrogens is 1. The number of alkyl halides is 3. The van der Waals surface area contributed by atoms with E-state index < -0.39 is 17.3 Å². The molecular weight excluding hydrogens is 249 g/mol. The molecule has 1 aliphatic rings. The van der Waals surface area contributed by atoms with Crippen LogP contribution in [0.5, 0.6) is 0 Å². The van der Waals surface area contributed by atoms with E-state index >= 15 is 0 Å². The number of hydrogen-bond donors (Lipinski definition) is 1. The van der Waals surface area contributed by atoms with Gasteiger partial charge in [0.05, 0.1) is 5.41 Å². The van der Waals surface area contributed by atoms with Gasteiger partial charge in [-0.05, 0) is 19.9 Å². The highest BCUT2D eigenvalue weighted by Crippen LogP contribution is 2.33. The van der Waals surface area contributed by atoms with Crippen LogP contribution in [0.25, 0.3) is 0 Å². The van der Waals surface area contributed by atoms with Crippen molar-refractivity contribution in [2.75, 3.05) is 7.05 Å². The lowest BCUT2D eigenvalue weighted by Crippen LogP contribution is -2.33. The van der Waals surface area contributed by atoms with Gasteiger partial charge in [0.25, 0.3) is 5.91 Å². The lowest BCUT2D eigenvalue weighted by Gasteiger charge is -2.16. The largest absolute Gasteiger partial charge is 0.432 e. The number of carbonyl (C=O) groups is 1. The van der Waals surface area contributed by atoms with Crippen LogP contribution in [-0.4, -0.2) is 33.9 Å². The molecule has 0 fully saturated rings. The van der Waals surface area contributed by atoms with Gasteiger partial charge in [-0.15, -0.1) is 0 Å². The van der Waals surface area contributed by atoms with Crippen LogP contribution >= 0.6 is 0 Å². The molecule has 1 N–H and O–H groups in total. The normalized spacial score (nSPS) is 19.3. The Morgan fingerprint density at radius 3 is 2.39 bits per heavy atom. The lowest BCUT2D eigenvalue weighted by atomic mass is 9.85. The summed E-state index contributed by atoms with van der Waals surface area (Å²) in [7, 11) is 1.45. The maximum absolute atomic E-state index is 12.4. The van der Waals surface area contributed by atoms with E-state index in [-0.39, 0.29) is 17.3 Å². The minimum absolute atomic E-state index is 0.0324. The predicted molar refractivity (Wildman–Crippen MR) is 56.7 cm³/mol. The van der Waals surface area contributed by atoms with Crippen molar-refractivity contribution >= 4 is 11.6 Å². The summed E-state index contributed by atoms with van der Waals surface area (Å²) in [6, 6.07) is 0.854. The third kappa shape index (κ3) is 1.77. The van der Waals surface area contributed by atoms with Crippen molar-refractivity contribution in [2.45, 2.75) is 20.0 Å². The van der Waals surface area contributed by atoms with E-state index in [1.807, 2.05) is 5.10 Å². The summed E-state index contributed by atoms with van der Waals surface area (Å²) in [5, 5.41) is 10.5. The monoisotopic (exact) mass is 260 g/mol. The minimum atomic E-state index is -4.50. The molecule has 0 aliphatic carbocycles. The molecule has 1 aromatic heterocycles. The Bertz CT molecular complexity index is 529. The van der Waals surface area contributed by atoms with Crippen molar-refractivity contribution < 1.29 is 18.0 Å².